The highest BCUT2D eigenvalue weighted by molar-refractivity contribution is 6.30. The minimum atomic E-state index is -0.211. The zero-order chi connectivity index (χ0) is 18.7. The van der Waals surface area contributed by atoms with E-state index in [0.29, 0.717) is 18.2 Å². The van der Waals surface area contributed by atoms with Gasteiger partial charge < -0.3 is 9.64 Å². The molecule has 0 saturated heterocycles. The van der Waals surface area contributed by atoms with Crippen molar-refractivity contribution in [3.8, 4) is 5.75 Å². The van der Waals surface area contributed by atoms with E-state index >= 15 is 0 Å². The van der Waals surface area contributed by atoms with Crippen LogP contribution >= 0.6 is 11.6 Å². The summed E-state index contributed by atoms with van der Waals surface area (Å²) < 4.78 is 5.74. The van der Waals surface area contributed by atoms with Crippen LogP contribution in [0.25, 0.3) is 0 Å². The summed E-state index contributed by atoms with van der Waals surface area (Å²) in [4.78, 5) is 17.0. The normalized spacial score (nSPS) is 17.3. The highest BCUT2D eigenvalue weighted by atomic mass is 35.5. The number of para-hydroxylation sites is 1. The molecule has 0 aliphatic carbocycles. The largest absolute Gasteiger partial charge is 0.492 e. The van der Waals surface area contributed by atoms with Crippen LogP contribution < -0.4 is 9.64 Å². The maximum absolute atomic E-state index is 13.1. The maximum Gasteiger partial charge on any atom is 0.244 e. The molecule has 1 heterocycles. The fourth-order valence-corrected chi connectivity index (χ4v) is 3.45. The lowest BCUT2D eigenvalue weighted by Gasteiger charge is -2.30. The zero-order valence-corrected chi connectivity index (χ0v) is 16.2. The number of rotatable bonds is 6. The standard InChI is InChI=1S/C21H25ClN2O2/c1-15-14-17-6-4-5-7-20(17)24(15)21(25)16(2)23(3)12-13-26-19-10-8-18(22)9-11-19/h4-11,15-16H,12-14H2,1-3H3/t15-,16-/m1/s1. The zero-order valence-electron chi connectivity index (χ0n) is 15.5. The molecule has 0 bridgehead atoms. The van der Waals surface area contributed by atoms with E-state index in [1.165, 1.54) is 5.56 Å². The van der Waals surface area contributed by atoms with Gasteiger partial charge in [0.1, 0.15) is 12.4 Å². The second kappa shape index (κ2) is 8.11. The van der Waals surface area contributed by atoms with Gasteiger partial charge in [0.15, 0.2) is 0 Å². The third-order valence-corrected chi connectivity index (χ3v) is 5.24. The Kier molecular flexibility index (Phi) is 5.84. The van der Waals surface area contributed by atoms with Gasteiger partial charge in [-0.2, -0.15) is 0 Å². The van der Waals surface area contributed by atoms with Crippen molar-refractivity contribution >= 4 is 23.2 Å². The summed E-state index contributed by atoms with van der Waals surface area (Å²) in [5.41, 5.74) is 2.29. The van der Waals surface area contributed by atoms with Gasteiger partial charge in [-0.25, -0.2) is 0 Å². The molecule has 0 unspecified atom stereocenters. The van der Waals surface area contributed by atoms with E-state index < -0.39 is 0 Å². The second-order valence-corrected chi connectivity index (χ2v) is 7.29. The van der Waals surface area contributed by atoms with Crippen molar-refractivity contribution in [2.45, 2.75) is 32.4 Å². The number of halogens is 1. The van der Waals surface area contributed by atoms with Gasteiger partial charge in [0, 0.05) is 23.3 Å². The van der Waals surface area contributed by atoms with Crippen molar-refractivity contribution < 1.29 is 9.53 Å². The summed E-state index contributed by atoms with van der Waals surface area (Å²) in [5.74, 6) is 0.917. The van der Waals surface area contributed by atoms with E-state index in [0.717, 1.165) is 17.9 Å². The fourth-order valence-electron chi connectivity index (χ4n) is 3.32. The molecule has 1 amide bonds. The number of anilines is 1. The third-order valence-electron chi connectivity index (χ3n) is 4.99. The molecule has 26 heavy (non-hydrogen) atoms. The van der Waals surface area contributed by atoms with Gasteiger partial charge in [0.05, 0.1) is 6.04 Å². The molecule has 138 valence electrons. The van der Waals surface area contributed by atoms with Crippen molar-refractivity contribution in [2.75, 3.05) is 25.1 Å². The number of amides is 1. The molecule has 0 radical (unpaired) electrons. The van der Waals surface area contributed by atoms with E-state index in [2.05, 4.69) is 13.0 Å². The molecular formula is C21H25ClN2O2. The molecule has 2 aromatic carbocycles. The maximum atomic E-state index is 13.1. The van der Waals surface area contributed by atoms with Crippen molar-refractivity contribution in [1.29, 1.82) is 0 Å². The molecule has 1 aliphatic rings. The topological polar surface area (TPSA) is 32.8 Å². The monoisotopic (exact) mass is 372 g/mol. The highest BCUT2D eigenvalue weighted by Gasteiger charge is 2.34. The molecule has 0 fully saturated rings. The molecule has 0 spiro atoms. The lowest BCUT2D eigenvalue weighted by molar-refractivity contribution is -0.123. The number of hydrogen-bond acceptors (Lipinski definition) is 3. The molecule has 2 atom stereocenters. The second-order valence-electron chi connectivity index (χ2n) is 6.85. The predicted octanol–water partition coefficient (Wildman–Crippen LogP) is 4.02. The van der Waals surface area contributed by atoms with Crippen LogP contribution in [0.4, 0.5) is 5.69 Å². The lowest BCUT2D eigenvalue weighted by atomic mass is 10.1. The molecule has 0 aromatic heterocycles. The molecule has 5 heteroatoms. The van der Waals surface area contributed by atoms with Crippen LogP contribution in [0.2, 0.25) is 5.02 Å². The van der Waals surface area contributed by atoms with Gasteiger partial charge in [-0.15, -0.1) is 0 Å². The van der Waals surface area contributed by atoms with Crippen LogP contribution in [0.15, 0.2) is 48.5 Å². The van der Waals surface area contributed by atoms with Crippen molar-refractivity contribution in [2.24, 2.45) is 0 Å². The van der Waals surface area contributed by atoms with Gasteiger partial charge in [-0.3, -0.25) is 9.69 Å². The van der Waals surface area contributed by atoms with Crippen LogP contribution in [0, 0.1) is 0 Å². The van der Waals surface area contributed by atoms with E-state index in [9.17, 15) is 4.79 Å². The average Bonchev–Trinajstić information content (AvgIpc) is 2.97. The smallest absolute Gasteiger partial charge is 0.244 e. The van der Waals surface area contributed by atoms with Gasteiger partial charge in [0.25, 0.3) is 0 Å². The number of carbonyl (C=O) groups excluding carboxylic acids is 1. The van der Waals surface area contributed by atoms with E-state index in [1.807, 2.05) is 54.1 Å². The third kappa shape index (κ3) is 4.02. The first-order valence-corrected chi connectivity index (χ1v) is 9.34. The number of likely N-dealkylation sites (N-methyl/N-ethyl adjacent to an activating group) is 1. The Morgan fingerprint density at radius 2 is 1.96 bits per heavy atom. The minimum Gasteiger partial charge on any atom is -0.492 e. The van der Waals surface area contributed by atoms with E-state index in [-0.39, 0.29) is 18.0 Å². The van der Waals surface area contributed by atoms with E-state index in [1.54, 1.807) is 12.1 Å². The molecular weight excluding hydrogens is 348 g/mol. The molecule has 4 nitrogen and oxygen atoms in total. The first-order valence-electron chi connectivity index (χ1n) is 8.97. The Bertz CT molecular complexity index is 763. The fraction of sp³-hybridized carbons (Fsp3) is 0.381. The number of benzene rings is 2. The summed E-state index contributed by atoms with van der Waals surface area (Å²) in [7, 11) is 1.96. The van der Waals surface area contributed by atoms with Crippen molar-refractivity contribution in [1.82, 2.24) is 4.90 Å². The molecule has 2 aromatic rings. The van der Waals surface area contributed by atoms with Crippen LogP contribution in [-0.2, 0) is 11.2 Å². The van der Waals surface area contributed by atoms with Crippen molar-refractivity contribution in [3.05, 3.63) is 59.1 Å². The minimum absolute atomic E-state index is 0.136. The summed E-state index contributed by atoms with van der Waals surface area (Å²) in [5, 5.41) is 0.689. The lowest BCUT2D eigenvalue weighted by Crippen LogP contribution is -2.48. The Morgan fingerprint density at radius 1 is 1.27 bits per heavy atom. The van der Waals surface area contributed by atoms with Crippen LogP contribution in [0.5, 0.6) is 5.75 Å². The predicted molar refractivity (Wildman–Crippen MR) is 106 cm³/mol. The van der Waals surface area contributed by atoms with Gasteiger partial charge in [0.2, 0.25) is 5.91 Å². The number of hydrogen-bond donors (Lipinski definition) is 0. The molecule has 0 saturated carbocycles. The van der Waals surface area contributed by atoms with Crippen LogP contribution in [-0.4, -0.2) is 43.1 Å². The highest BCUT2D eigenvalue weighted by Crippen LogP contribution is 2.32. The number of carbonyl (C=O) groups is 1. The van der Waals surface area contributed by atoms with Crippen LogP contribution in [0.3, 0.4) is 0 Å². The Hall–Kier alpha value is -2.04. The summed E-state index contributed by atoms with van der Waals surface area (Å²) in [6.07, 6.45) is 0.915. The average molecular weight is 373 g/mol. The molecule has 1 aliphatic heterocycles. The number of nitrogens with zero attached hydrogens (tertiary/aromatic N) is 2. The first kappa shape index (κ1) is 18.7. The first-order chi connectivity index (χ1) is 12.5. The number of ether oxygens (including phenoxy) is 1. The Morgan fingerprint density at radius 3 is 2.69 bits per heavy atom. The number of fused-ring (bicyclic) bond motifs is 1. The van der Waals surface area contributed by atoms with Gasteiger partial charge in [-0.1, -0.05) is 29.8 Å². The summed E-state index contributed by atoms with van der Waals surface area (Å²) in [6, 6.07) is 15.4. The SMILES string of the molecule is C[C@H](C(=O)N1c2ccccc2C[C@H]1C)N(C)CCOc1ccc(Cl)cc1. The molecule has 0 N–H and O–H groups in total. The quantitative estimate of drug-likeness (QED) is 0.767. The van der Waals surface area contributed by atoms with Gasteiger partial charge in [-0.05, 0) is 63.2 Å². The summed E-state index contributed by atoms with van der Waals surface area (Å²) >= 11 is 5.88. The summed E-state index contributed by atoms with van der Waals surface area (Å²) in [6.45, 7) is 5.24. The Labute approximate surface area is 160 Å². The van der Waals surface area contributed by atoms with Gasteiger partial charge >= 0.3 is 0 Å². The van der Waals surface area contributed by atoms with Crippen molar-refractivity contribution in [3.63, 3.8) is 0 Å². The van der Waals surface area contributed by atoms with E-state index in [4.69, 9.17) is 16.3 Å². The van der Waals surface area contributed by atoms with Crippen LogP contribution in [0.1, 0.15) is 19.4 Å². The Balaban J connectivity index is 1.57. The molecule has 3 rings (SSSR count).